The van der Waals surface area contributed by atoms with E-state index in [1.54, 1.807) is 5.56 Å². The van der Waals surface area contributed by atoms with Gasteiger partial charge in [0.15, 0.2) is 5.79 Å². The van der Waals surface area contributed by atoms with Crippen molar-refractivity contribution in [3.8, 4) is 5.75 Å². The Labute approximate surface area is 171 Å². The van der Waals surface area contributed by atoms with Crippen molar-refractivity contribution in [2.75, 3.05) is 0 Å². The third kappa shape index (κ3) is 2.98. The van der Waals surface area contributed by atoms with Crippen molar-refractivity contribution in [1.82, 2.24) is 0 Å². The van der Waals surface area contributed by atoms with E-state index in [2.05, 4.69) is 58.6 Å². The van der Waals surface area contributed by atoms with Gasteiger partial charge in [0.1, 0.15) is 5.75 Å². The summed E-state index contributed by atoms with van der Waals surface area (Å²) in [5, 5.41) is 0. The van der Waals surface area contributed by atoms with Crippen LogP contribution in [0.2, 0.25) is 19.6 Å². The van der Waals surface area contributed by atoms with Crippen LogP contribution in [0.1, 0.15) is 63.5 Å². The van der Waals surface area contributed by atoms with E-state index in [1.807, 2.05) is 0 Å². The van der Waals surface area contributed by atoms with Crippen LogP contribution in [-0.2, 0) is 15.9 Å². The third-order valence-electron chi connectivity index (χ3n) is 7.88. The van der Waals surface area contributed by atoms with Crippen molar-refractivity contribution in [3.63, 3.8) is 0 Å². The molecule has 3 fully saturated rings. The van der Waals surface area contributed by atoms with Crippen molar-refractivity contribution >= 4 is 8.32 Å². The van der Waals surface area contributed by atoms with Gasteiger partial charge < -0.3 is 13.9 Å². The van der Waals surface area contributed by atoms with Crippen molar-refractivity contribution in [1.29, 1.82) is 0 Å². The van der Waals surface area contributed by atoms with E-state index < -0.39 is 14.1 Å². The summed E-state index contributed by atoms with van der Waals surface area (Å²) in [5.74, 6) is 2.87. The Morgan fingerprint density at radius 2 is 1.86 bits per heavy atom. The summed E-state index contributed by atoms with van der Waals surface area (Å²) in [5.41, 5.74) is 3.41. The SMILES string of the molecule is CC1(C)OC2CC3C4CCc5cc(O[Si](C)(C)C)ccc5C4CCC3(C)C2O1. The van der Waals surface area contributed by atoms with Gasteiger partial charge in [-0.3, -0.25) is 0 Å². The average molecular weight is 401 g/mol. The topological polar surface area (TPSA) is 27.7 Å². The lowest BCUT2D eigenvalue weighted by Gasteiger charge is -2.50. The van der Waals surface area contributed by atoms with Gasteiger partial charge in [0.2, 0.25) is 8.32 Å². The van der Waals surface area contributed by atoms with Crippen LogP contribution in [0.3, 0.4) is 0 Å². The van der Waals surface area contributed by atoms with Gasteiger partial charge in [-0.2, -0.15) is 0 Å². The second kappa shape index (κ2) is 6.09. The van der Waals surface area contributed by atoms with Gasteiger partial charge in [-0.15, -0.1) is 0 Å². The smallest absolute Gasteiger partial charge is 0.242 e. The number of hydrogen-bond donors (Lipinski definition) is 0. The predicted octanol–water partition coefficient (Wildman–Crippen LogP) is 5.89. The van der Waals surface area contributed by atoms with E-state index in [0.29, 0.717) is 5.92 Å². The zero-order valence-electron chi connectivity index (χ0n) is 18.4. The largest absolute Gasteiger partial charge is 0.544 e. The van der Waals surface area contributed by atoms with Crippen LogP contribution in [0, 0.1) is 17.3 Å². The van der Waals surface area contributed by atoms with Gasteiger partial charge in [0, 0.05) is 0 Å². The molecule has 5 rings (SSSR count). The molecule has 0 aromatic heterocycles. The van der Waals surface area contributed by atoms with Gasteiger partial charge in [-0.25, -0.2) is 0 Å². The zero-order chi connectivity index (χ0) is 19.9. The molecule has 0 amide bonds. The minimum atomic E-state index is -1.56. The molecule has 2 saturated carbocycles. The highest BCUT2D eigenvalue weighted by molar-refractivity contribution is 6.70. The minimum Gasteiger partial charge on any atom is -0.544 e. The highest BCUT2D eigenvalue weighted by Gasteiger charge is 2.63. The molecule has 3 aliphatic carbocycles. The monoisotopic (exact) mass is 400 g/mol. The molecule has 1 heterocycles. The Kier molecular flexibility index (Phi) is 4.16. The summed E-state index contributed by atoms with van der Waals surface area (Å²) >= 11 is 0. The number of ether oxygens (including phenoxy) is 2. The van der Waals surface area contributed by atoms with Crippen molar-refractivity contribution in [2.45, 2.75) is 96.4 Å². The van der Waals surface area contributed by atoms with Crippen LogP contribution < -0.4 is 4.43 Å². The normalized spacial score (nSPS) is 41.0. The van der Waals surface area contributed by atoms with Crippen LogP contribution in [-0.4, -0.2) is 26.3 Å². The molecule has 6 unspecified atom stereocenters. The van der Waals surface area contributed by atoms with E-state index in [0.717, 1.165) is 17.6 Å². The van der Waals surface area contributed by atoms with Crippen LogP contribution in [0.25, 0.3) is 0 Å². The highest BCUT2D eigenvalue weighted by Crippen LogP contribution is 2.64. The maximum absolute atomic E-state index is 6.42. The van der Waals surface area contributed by atoms with Gasteiger partial charge in [-0.1, -0.05) is 13.0 Å². The van der Waals surface area contributed by atoms with E-state index in [-0.39, 0.29) is 17.6 Å². The molecule has 154 valence electrons. The molecular formula is C24H36O3Si. The van der Waals surface area contributed by atoms with Gasteiger partial charge in [0.25, 0.3) is 0 Å². The summed E-state index contributed by atoms with van der Waals surface area (Å²) < 4.78 is 19.0. The maximum Gasteiger partial charge on any atom is 0.242 e. The molecule has 6 atom stereocenters. The van der Waals surface area contributed by atoms with Crippen LogP contribution in [0.5, 0.6) is 5.75 Å². The minimum absolute atomic E-state index is 0.276. The van der Waals surface area contributed by atoms with Gasteiger partial charge in [0.05, 0.1) is 12.2 Å². The average Bonchev–Trinajstić information content (AvgIpc) is 3.03. The lowest BCUT2D eigenvalue weighted by molar-refractivity contribution is -0.178. The van der Waals surface area contributed by atoms with E-state index >= 15 is 0 Å². The van der Waals surface area contributed by atoms with Crippen molar-refractivity contribution in [2.24, 2.45) is 17.3 Å². The molecular weight excluding hydrogens is 364 g/mol. The second-order valence-corrected chi connectivity index (χ2v) is 15.8. The fraction of sp³-hybridized carbons (Fsp3) is 0.750. The molecule has 0 N–H and O–H groups in total. The molecule has 1 aliphatic heterocycles. The molecule has 0 bridgehead atoms. The first kappa shape index (κ1) is 19.1. The first-order chi connectivity index (χ1) is 13.1. The molecule has 1 saturated heterocycles. The molecule has 0 spiro atoms. The van der Waals surface area contributed by atoms with Crippen LogP contribution >= 0.6 is 0 Å². The van der Waals surface area contributed by atoms with Crippen LogP contribution in [0.15, 0.2) is 18.2 Å². The quantitative estimate of drug-likeness (QED) is 0.580. The molecule has 4 aliphatic rings. The fourth-order valence-corrected chi connectivity index (χ4v) is 7.77. The number of rotatable bonds is 2. The Bertz CT molecular complexity index is 783. The van der Waals surface area contributed by atoms with Gasteiger partial charge in [-0.05, 0) is 112 Å². The Balaban J connectivity index is 1.40. The van der Waals surface area contributed by atoms with Gasteiger partial charge >= 0.3 is 0 Å². The Morgan fingerprint density at radius 1 is 1.07 bits per heavy atom. The van der Waals surface area contributed by atoms with E-state index in [4.69, 9.17) is 13.9 Å². The molecule has 4 heteroatoms. The molecule has 1 aromatic rings. The molecule has 1 aromatic carbocycles. The van der Waals surface area contributed by atoms with Crippen LogP contribution in [0.4, 0.5) is 0 Å². The first-order valence-electron chi connectivity index (χ1n) is 11.2. The van der Waals surface area contributed by atoms with E-state index in [1.165, 1.54) is 37.7 Å². The Morgan fingerprint density at radius 3 is 2.61 bits per heavy atom. The number of benzene rings is 1. The summed E-state index contributed by atoms with van der Waals surface area (Å²) in [6, 6.07) is 6.96. The predicted molar refractivity (Wildman–Crippen MR) is 114 cm³/mol. The lowest BCUT2D eigenvalue weighted by Crippen LogP contribution is -2.45. The zero-order valence-corrected chi connectivity index (χ0v) is 19.4. The summed E-state index contributed by atoms with van der Waals surface area (Å²) in [6.45, 7) is 13.4. The summed E-state index contributed by atoms with van der Waals surface area (Å²) in [4.78, 5) is 0. The molecule has 28 heavy (non-hydrogen) atoms. The van der Waals surface area contributed by atoms with E-state index in [9.17, 15) is 0 Å². The van der Waals surface area contributed by atoms with Crippen molar-refractivity contribution in [3.05, 3.63) is 29.3 Å². The number of aryl methyl sites for hydroxylation is 1. The summed E-state index contributed by atoms with van der Waals surface area (Å²) in [7, 11) is -1.56. The third-order valence-corrected chi connectivity index (χ3v) is 8.73. The standard InChI is InChI=1S/C24H36O3Si/c1-23(2)25-21-14-20-19-9-7-15-13-16(27-28(4,5)6)8-10-17(15)18(19)11-12-24(20,3)22(21)26-23/h8,10,13,18-22H,7,9,11-12,14H2,1-6H3. The number of hydrogen-bond acceptors (Lipinski definition) is 3. The molecule has 3 nitrogen and oxygen atoms in total. The summed E-state index contributed by atoms with van der Waals surface area (Å²) in [6.07, 6.45) is 6.78. The second-order valence-electron chi connectivity index (χ2n) is 11.4. The lowest BCUT2D eigenvalue weighted by atomic mass is 9.55. The first-order valence-corrected chi connectivity index (χ1v) is 14.6. The number of fused-ring (bicyclic) bond motifs is 7. The molecule has 0 radical (unpaired) electrons. The maximum atomic E-state index is 6.42. The fourth-order valence-electron chi connectivity index (χ4n) is 6.94. The highest BCUT2D eigenvalue weighted by atomic mass is 28.4. The van der Waals surface area contributed by atoms with Crippen molar-refractivity contribution < 1.29 is 13.9 Å². The Hall–Kier alpha value is -0.843.